The SMILES string of the molecule is O=C1CCC(C2C(=S)CC=C3N(Br)C=C4C=CC=CC432)C(=O)N1. The Morgan fingerprint density at radius 2 is 2.17 bits per heavy atom. The zero-order valence-corrected chi connectivity index (χ0v) is 14.7. The van der Waals surface area contributed by atoms with E-state index in [1.165, 1.54) is 0 Å². The summed E-state index contributed by atoms with van der Waals surface area (Å²) in [6, 6.07) is 0. The third-order valence-corrected chi connectivity index (χ3v) is 6.16. The molecule has 1 spiro atoms. The van der Waals surface area contributed by atoms with E-state index in [9.17, 15) is 9.59 Å². The number of thiocarbonyl (C=S) groups is 1. The number of carbonyl (C=O) groups excluding carboxylic acids is 2. The average molecular weight is 391 g/mol. The molecular weight excluding hydrogens is 376 g/mol. The number of imide groups is 1. The zero-order chi connectivity index (χ0) is 16.2. The van der Waals surface area contributed by atoms with Crippen molar-refractivity contribution in [3.63, 3.8) is 0 Å². The highest BCUT2D eigenvalue weighted by Crippen LogP contribution is 2.58. The van der Waals surface area contributed by atoms with Crippen LogP contribution in [0, 0.1) is 17.3 Å². The molecule has 4 rings (SSSR count). The molecule has 1 saturated heterocycles. The van der Waals surface area contributed by atoms with Crippen molar-refractivity contribution in [3.05, 3.63) is 47.9 Å². The highest BCUT2D eigenvalue weighted by atomic mass is 79.9. The minimum atomic E-state index is -0.407. The molecule has 2 aliphatic heterocycles. The molecule has 1 fully saturated rings. The van der Waals surface area contributed by atoms with E-state index in [1.807, 2.05) is 22.3 Å². The van der Waals surface area contributed by atoms with Gasteiger partial charge in [0.2, 0.25) is 11.8 Å². The molecule has 0 saturated carbocycles. The molecular formula is C17H15BrN2O2S. The number of nitrogens with one attached hydrogen (secondary N) is 1. The normalized spacial score (nSPS) is 35.5. The van der Waals surface area contributed by atoms with Gasteiger partial charge in [-0.05, 0) is 18.4 Å². The summed E-state index contributed by atoms with van der Waals surface area (Å²) in [5.41, 5.74) is 1.83. The maximum atomic E-state index is 12.5. The summed E-state index contributed by atoms with van der Waals surface area (Å²) in [6.45, 7) is 0. The van der Waals surface area contributed by atoms with Crippen LogP contribution in [0.3, 0.4) is 0 Å². The predicted octanol–water partition coefficient (Wildman–Crippen LogP) is 2.93. The first-order valence-corrected chi connectivity index (χ1v) is 8.76. The number of halogens is 1. The lowest BCUT2D eigenvalue weighted by atomic mass is 9.58. The van der Waals surface area contributed by atoms with Crippen LogP contribution in [0.15, 0.2) is 47.9 Å². The van der Waals surface area contributed by atoms with Crippen LogP contribution >= 0.6 is 28.4 Å². The molecule has 1 N–H and O–H groups in total. The van der Waals surface area contributed by atoms with Crippen molar-refractivity contribution in [2.24, 2.45) is 17.3 Å². The topological polar surface area (TPSA) is 49.4 Å². The van der Waals surface area contributed by atoms with Crippen molar-refractivity contribution in [1.29, 1.82) is 0 Å². The minimum absolute atomic E-state index is 0.111. The van der Waals surface area contributed by atoms with Crippen LogP contribution in [-0.4, -0.2) is 20.6 Å². The van der Waals surface area contributed by atoms with E-state index in [0.29, 0.717) is 19.3 Å². The summed E-state index contributed by atoms with van der Waals surface area (Å²) in [6.07, 6.45) is 14.0. The lowest BCUT2D eigenvalue weighted by Gasteiger charge is -2.46. The first-order chi connectivity index (χ1) is 11.0. The number of amides is 2. The molecule has 2 aliphatic carbocycles. The average Bonchev–Trinajstić information content (AvgIpc) is 2.81. The Kier molecular flexibility index (Phi) is 3.43. The number of allylic oxidation sites excluding steroid dienone is 5. The van der Waals surface area contributed by atoms with Gasteiger partial charge in [-0.2, -0.15) is 0 Å². The van der Waals surface area contributed by atoms with Crippen molar-refractivity contribution in [3.8, 4) is 0 Å². The molecule has 3 unspecified atom stereocenters. The fourth-order valence-corrected chi connectivity index (χ4v) is 5.29. The van der Waals surface area contributed by atoms with Gasteiger partial charge in [-0.3, -0.25) is 18.8 Å². The van der Waals surface area contributed by atoms with Gasteiger partial charge in [0.15, 0.2) is 0 Å². The molecule has 4 nitrogen and oxygen atoms in total. The molecule has 23 heavy (non-hydrogen) atoms. The molecule has 0 radical (unpaired) electrons. The predicted molar refractivity (Wildman–Crippen MR) is 94.2 cm³/mol. The monoisotopic (exact) mass is 390 g/mol. The fourth-order valence-electron chi connectivity index (χ4n) is 4.20. The minimum Gasteiger partial charge on any atom is -0.296 e. The number of nitrogens with zero attached hydrogens (tertiary/aromatic N) is 1. The first-order valence-electron chi connectivity index (χ1n) is 7.64. The lowest BCUT2D eigenvalue weighted by molar-refractivity contribution is -0.137. The first kappa shape index (κ1) is 15.0. The summed E-state index contributed by atoms with van der Waals surface area (Å²) in [5.74, 6) is -0.771. The van der Waals surface area contributed by atoms with E-state index < -0.39 is 5.41 Å². The van der Waals surface area contributed by atoms with Gasteiger partial charge in [0, 0.05) is 35.0 Å². The molecule has 2 heterocycles. The van der Waals surface area contributed by atoms with E-state index in [-0.39, 0.29) is 23.7 Å². The Hall–Kier alpha value is -1.53. The third-order valence-electron chi connectivity index (χ3n) is 5.15. The highest BCUT2D eigenvalue weighted by Gasteiger charge is 2.56. The van der Waals surface area contributed by atoms with Crippen LogP contribution in [0.25, 0.3) is 0 Å². The van der Waals surface area contributed by atoms with Crippen LogP contribution in [0.1, 0.15) is 19.3 Å². The Morgan fingerprint density at radius 3 is 2.96 bits per heavy atom. The van der Waals surface area contributed by atoms with Crippen molar-refractivity contribution >= 4 is 45.0 Å². The Labute approximate surface area is 148 Å². The molecule has 0 aromatic carbocycles. The quantitative estimate of drug-likeness (QED) is 0.424. The highest BCUT2D eigenvalue weighted by molar-refractivity contribution is 9.07. The second kappa shape index (κ2) is 5.24. The molecule has 3 atom stereocenters. The van der Waals surface area contributed by atoms with Crippen molar-refractivity contribution in [2.45, 2.75) is 19.3 Å². The molecule has 0 aromatic rings. The van der Waals surface area contributed by atoms with E-state index >= 15 is 0 Å². The Morgan fingerprint density at radius 1 is 1.35 bits per heavy atom. The van der Waals surface area contributed by atoms with Crippen LogP contribution in [0.5, 0.6) is 0 Å². The van der Waals surface area contributed by atoms with Crippen LogP contribution in [0.4, 0.5) is 0 Å². The molecule has 6 heteroatoms. The lowest BCUT2D eigenvalue weighted by Crippen LogP contribution is -2.51. The number of carbonyl (C=O) groups is 2. The molecule has 2 amide bonds. The Balaban J connectivity index is 1.84. The number of hydrogen-bond donors (Lipinski definition) is 1. The van der Waals surface area contributed by atoms with E-state index in [0.717, 1.165) is 16.1 Å². The van der Waals surface area contributed by atoms with E-state index in [2.05, 4.69) is 39.7 Å². The van der Waals surface area contributed by atoms with Gasteiger partial charge in [0.1, 0.15) is 0 Å². The number of hydrogen-bond acceptors (Lipinski definition) is 4. The second-order valence-corrected chi connectivity index (χ2v) is 7.57. The second-order valence-electron chi connectivity index (χ2n) is 6.28. The van der Waals surface area contributed by atoms with Crippen LogP contribution in [-0.2, 0) is 9.59 Å². The van der Waals surface area contributed by atoms with E-state index in [4.69, 9.17) is 12.2 Å². The maximum Gasteiger partial charge on any atom is 0.230 e. The summed E-state index contributed by atoms with van der Waals surface area (Å²) >= 11 is 9.27. The van der Waals surface area contributed by atoms with Crippen molar-refractivity contribution in [2.75, 3.05) is 0 Å². The van der Waals surface area contributed by atoms with E-state index in [1.54, 1.807) is 0 Å². The number of rotatable bonds is 1. The van der Waals surface area contributed by atoms with Crippen molar-refractivity contribution < 1.29 is 9.59 Å². The van der Waals surface area contributed by atoms with Gasteiger partial charge in [-0.1, -0.05) is 42.6 Å². The molecule has 118 valence electrons. The third kappa shape index (κ3) is 2.04. The summed E-state index contributed by atoms with van der Waals surface area (Å²) < 4.78 is 1.95. The van der Waals surface area contributed by atoms with Crippen LogP contribution < -0.4 is 5.32 Å². The molecule has 0 bridgehead atoms. The van der Waals surface area contributed by atoms with Crippen molar-refractivity contribution in [1.82, 2.24) is 9.24 Å². The summed E-state index contributed by atoms with van der Waals surface area (Å²) in [5, 5.41) is 2.49. The molecule has 0 aromatic heterocycles. The Bertz CT molecular complexity index is 752. The smallest absolute Gasteiger partial charge is 0.230 e. The standard InChI is InChI=1S/C17H15BrN2O2S/c18-20-9-10-3-1-2-8-17(10)13(20)6-5-12(23)15(17)11-4-7-14(21)19-16(11)22/h1-3,6,8-9,11,15H,4-5,7H2,(H,19,21,22). The van der Waals surface area contributed by atoms with Gasteiger partial charge < -0.3 is 0 Å². The van der Waals surface area contributed by atoms with Gasteiger partial charge in [0.05, 0.1) is 21.6 Å². The fraction of sp³-hybridized carbons (Fsp3) is 0.353. The van der Waals surface area contributed by atoms with Gasteiger partial charge in [-0.15, -0.1) is 0 Å². The molecule has 4 aliphatic rings. The maximum absolute atomic E-state index is 12.5. The van der Waals surface area contributed by atoms with Gasteiger partial charge >= 0.3 is 0 Å². The van der Waals surface area contributed by atoms with Gasteiger partial charge in [0.25, 0.3) is 0 Å². The number of piperidine rings is 1. The largest absolute Gasteiger partial charge is 0.296 e. The summed E-state index contributed by atoms with van der Waals surface area (Å²) in [7, 11) is 0. The van der Waals surface area contributed by atoms with Gasteiger partial charge in [-0.25, -0.2) is 0 Å². The zero-order valence-electron chi connectivity index (χ0n) is 12.3. The van der Waals surface area contributed by atoms with Crippen LogP contribution in [0.2, 0.25) is 0 Å². The summed E-state index contributed by atoms with van der Waals surface area (Å²) in [4.78, 5) is 24.9.